The summed E-state index contributed by atoms with van der Waals surface area (Å²) in [4.78, 5) is 38.5. The zero-order valence-electron chi connectivity index (χ0n) is 15.3. The minimum Gasteiger partial charge on any atom is -0.460 e. The molecule has 0 N–H and O–H groups in total. The van der Waals surface area contributed by atoms with Crippen LogP contribution in [-0.4, -0.2) is 59.4 Å². The maximum Gasteiger partial charge on any atom is 0.308 e. The lowest BCUT2D eigenvalue weighted by molar-refractivity contribution is -0.155. The van der Waals surface area contributed by atoms with Gasteiger partial charge in [0, 0.05) is 26.2 Å². The normalized spacial score (nSPS) is 10.7. The van der Waals surface area contributed by atoms with Gasteiger partial charge in [-0.05, 0) is 46.3 Å². The first-order chi connectivity index (χ1) is 11.1. The minimum absolute atomic E-state index is 0.125. The summed E-state index contributed by atoms with van der Waals surface area (Å²) in [6.45, 7) is 16.0. The predicted molar refractivity (Wildman–Crippen MR) is 94.3 cm³/mol. The number of amides is 2. The van der Waals surface area contributed by atoms with E-state index in [0.29, 0.717) is 26.1 Å². The second kappa shape index (κ2) is 10.6. The van der Waals surface area contributed by atoms with E-state index in [0.717, 1.165) is 0 Å². The highest BCUT2D eigenvalue weighted by molar-refractivity contribution is 5.87. The first-order valence-electron chi connectivity index (χ1n) is 8.19. The predicted octanol–water partition coefficient (Wildman–Crippen LogP) is 2.16. The van der Waals surface area contributed by atoms with E-state index in [4.69, 9.17) is 4.74 Å². The van der Waals surface area contributed by atoms with E-state index < -0.39 is 5.60 Å². The molecule has 0 aliphatic carbocycles. The van der Waals surface area contributed by atoms with Crippen molar-refractivity contribution in [2.75, 3.05) is 26.2 Å². The molecule has 24 heavy (non-hydrogen) atoms. The summed E-state index contributed by atoms with van der Waals surface area (Å²) in [5.41, 5.74) is -0.545. The Bertz CT molecular complexity index is 466. The van der Waals surface area contributed by atoms with E-state index in [2.05, 4.69) is 13.2 Å². The number of nitrogens with zero attached hydrogens (tertiary/aromatic N) is 2. The number of hydrogen-bond donors (Lipinski definition) is 0. The number of carbonyl (C=O) groups excluding carboxylic acids is 3. The fraction of sp³-hybridized carbons (Fsp3) is 0.611. The van der Waals surface area contributed by atoms with E-state index in [-0.39, 0.29) is 30.7 Å². The average molecular weight is 338 g/mol. The number of ether oxygens (including phenoxy) is 1. The summed E-state index contributed by atoms with van der Waals surface area (Å²) in [5, 5.41) is 0. The van der Waals surface area contributed by atoms with Crippen LogP contribution in [0.2, 0.25) is 0 Å². The smallest absolute Gasteiger partial charge is 0.308 e. The van der Waals surface area contributed by atoms with Gasteiger partial charge in [-0.3, -0.25) is 14.4 Å². The molecule has 0 saturated carbocycles. The summed E-state index contributed by atoms with van der Waals surface area (Å²) in [5.74, 6) is -0.717. The van der Waals surface area contributed by atoms with Crippen LogP contribution in [0.15, 0.2) is 25.3 Å². The van der Waals surface area contributed by atoms with E-state index in [1.54, 1.807) is 30.6 Å². The highest BCUT2D eigenvalue weighted by Crippen LogP contribution is 2.09. The van der Waals surface area contributed by atoms with Gasteiger partial charge in [0.25, 0.3) is 0 Å². The molecule has 0 fully saturated rings. The Kier molecular flexibility index (Phi) is 9.69. The molecule has 0 aliphatic rings. The van der Waals surface area contributed by atoms with Crippen molar-refractivity contribution in [3.63, 3.8) is 0 Å². The SMILES string of the molecule is C=CC(=O)N(CC)CCCN(CCC(=O)OC(C)(C)C)C(=O)C=C. The molecule has 0 rings (SSSR count). The molecule has 0 bridgehead atoms. The molecule has 6 heteroatoms. The number of esters is 1. The Morgan fingerprint density at radius 1 is 0.958 bits per heavy atom. The molecular weight excluding hydrogens is 308 g/mol. The van der Waals surface area contributed by atoms with E-state index in [1.807, 2.05) is 6.92 Å². The Balaban J connectivity index is 4.50. The van der Waals surface area contributed by atoms with Crippen LogP contribution in [0.5, 0.6) is 0 Å². The van der Waals surface area contributed by atoms with Crippen molar-refractivity contribution < 1.29 is 19.1 Å². The van der Waals surface area contributed by atoms with Crippen molar-refractivity contribution in [2.45, 2.75) is 46.1 Å². The maximum atomic E-state index is 11.9. The lowest BCUT2D eigenvalue weighted by atomic mass is 10.2. The molecule has 0 aromatic carbocycles. The highest BCUT2D eigenvalue weighted by atomic mass is 16.6. The van der Waals surface area contributed by atoms with Gasteiger partial charge in [-0.25, -0.2) is 0 Å². The molecule has 0 atom stereocenters. The average Bonchev–Trinajstić information content (AvgIpc) is 2.51. The summed E-state index contributed by atoms with van der Waals surface area (Å²) in [6.07, 6.45) is 3.24. The molecule has 2 amide bonds. The molecule has 0 spiro atoms. The van der Waals surface area contributed by atoms with Crippen LogP contribution < -0.4 is 0 Å². The molecule has 0 aromatic rings. The molecule has 0 aromatic heterocycles. The summed E-state index contributed by atoms with van der Waals surface area (Å²) in [7, 11) is 0. The summed E-state index contributed by atoms with van der Waals surface area (Å²) < 4.78 is 5.24. The molecule has 0 aliphatic heterocycles. The number of likely N-dealkylation sites (N-methyl/N-ethyl adjacent to an activating group) is 1. The topological polar surface area (TPSA) is 66.9 Å². The Morgan fingerprint density at radius 3 is 1.92 bits per heavy atom. The lowest BCUT2D eigenvalue weighted by Gasteiger charge is -2.25. The van der Waals surface area contributed by atoms with Crippen molar-refractivity contribution in [3.05, 3.63) is 25.3 Å². The van der Waals surface area contributed by atoms with Gasteiger partial charge >= 0.3 is 5.97 Å². The Hall–Kier alpha value is -2.11. The van der Waals surface area contributed by atoms with Crippen molar-refractivity contribution in [2.24, 2.45) is 0 Å². The van der Waals surface area contributed by atoms with Crippen LogP contribution in [-0.2, 0) is 19.1 Å². The zero-order chi connectivity index (χ0) is 18.8. The van der Waals surface area contributed by atoms with Gasteiger partial charge in [-0.15, -0.1) is 0 Å². The van der Waals surface area contributed by atoms with Crippen molar-refractivity contribution in [1.29, 1.82) is 0 Å². The van der Waals surface area contributed by atoms with Crippen molar-refractivity contribution in [3.8, 4) is 0 Å². The van der Waals surface area contributed by atoms with Crippen LogP contribution in [0.25, 0.3) is 0 Å². The van der Waals surface area contributed by atoms with Crippen LogP contribution in [0, 0.1) is 0 Å². The number of hydrogen-bond acceptors (Lipinski definition) is 4. The molecular formula is C18H30N2O4. The first-order valence-corrected chi connectivity index (χ1v) is 8.19. The van der Waals surface area contributed by atoms with Gasteiger partial charge in [-0.2, -0.15) is 0 Å². The van der Waals surface area contributed by atoms with Gasteiger partial charge in [0.1, 0.15) is 5.60 Å². The molecule has 0 unspecified atom stereocenters. The third kappa shape index (κ3) is 9.12. The number of rotatable bonds is 10. The standard InChI is InChI=1S/C18H30N2O4/c1-7-15(21)19(9-3)12-10-13-20(16(22)8-2)14-11-17(23)24-18(4,5)6/h7-8H,1-2,9-14H2,3-6H3. The molecule has 0 heterocycles. The van der Waals surface area contributed by atoms with Crippen LogP contribution >= 0.6 is 0 Å². The zero-order valence-corrected chi connectivity index (χ0v) is 15.3. The Labute approximate surface area is 145 Å². The second-order valence-electron chi connectivity index (χ2n) is 6.34. The van der Waals surface area contributed by atoms with Crippen molar-refractivity contribution >= 4 is 17.8 Å². The largest absolute Gasteiger partial charge is 0.460 e. The van der Waals surface area contributed by atoms with Gasteiger partial charge in [0.15, 0.2) is 0 Å². The summed E-state index contributed by atoms with van der Waals surface area (Å²) in [6, 6.07) is 0. The van der Waals surface area contributed by atoms with Gasteiger partial charge < -0.3 is 14.5 Å². The van der Waals surface area contributed by atoms with E-state index in [1.165, 1.54) is 12.2 Å². The van der Waals surface area contributed by atoms with E-state index >= 15 is 0 Å². The quantitative estimate of drug-likeness (QED) is 0.452. The fourth-order valence-electron chi connectivity index (χ4n) is 2.09. The highest BCUT2D eigenvalue weighted by Gasteiger charge is 2.18. The fourth-order valence-corrected chi connectivity index (χ4v) is 2.09. The number of carbonyl (C=O) groups is 3. The molecule has 136 valence electrons. The van der Waals surface area contributed by atoms with Gasteiger partial charge in [0.2, 0.25) is 11.8 Å². The van der Waals surface area contributed by atoms with Crippen LogP contribution in [0.1, 0.15) is 40.5 Å². The van der Waals surface area contributed by atoms with Crippen LogP contribution in [0.3, 0.4) is 0 Å². The van der Waals surface area contributed by atoms with Gasteiger partial charge in [0.05, 0.1) is 6.42 Å². The summed E-state index contributed by atoms with van der Waals surface area (Å²) >= 11 is 0. The monoisotopic (exact) mass is 338 g/mol. The van der Waals surface area contributed by atoms with Gasteiger partial charge in [-0.1, -0.05) is 13.2 Å². The van der Waals surface area contributed by atoms with Crippen LogP contribution in [0.4, 0.5) is 0 Å². The molecule has 0 saturated heterocycles. The van der Waals surface area contributed by atoms with Crippen molar-refractivity contribution in [1.82, 2.24) is 9.80 Å². The molecule has 0 radical (unpaired) electrons. The maximum absolute atomic E-state index is 11.9. The molecule has 6 nitrogen and oxygen atoms in total. The lowest BCUT2D eigenvalue weighted by Crippen LogP contribution is -2.37. The third-order valence-electron chi connectivity index (χ3n) is 3.22. The second-order valence-corrected chi connectivity index (χ2v) is 6.34. The third-order valence-corrected chi connectivity index (χ3v) is 3.22. The van der Waals surface area contributed by atoms with E-state index in [9.17, 15) is 14.4 Å². The Morgan fingerprint density at radius 2 is 1.46 bits per heavy atom. The minimum atomic E-state index is -0.545. The first kappa shape index (κ1) is 21.9.